The van der Waals surface area contributed by atoms with Crippen molar-refractivity contribution in [2.75, 3.05) is 7.11 Å². The Labute approximate surface area is 121 Å². The third-order valence-electron chi connectivity index (χ3n) is 4.58. The summed E-state index contributed by atoms with van der Waals surface area (Å²) < 4.78 is 10.7. The van der Waals surface area contributed by atoms with Crippen molar-refractivity contribution in [2.24, 2.45) is 23.7 Å². The maximum atomic E-state index is 12.0. The summed E-state index contributed by atoms with van der Waals surface area (Å²) in [5.41, 5.74) is 0.259. The number of esters is 2. The van der Waals surface area contributed by atoms with Crippen molar-refractivity contribution in [3.05, 3.63) is 12.2 Å². The number of ether oxygens (including phenoxy) is 2. The number of carbonyl (C=O) groups is 3. The SMILES string of the molecule is C=C(C)C(=O)OC1C2CC3C1OC(=O)C3C2C(=O)OOC. The van der Waals surface area contributed by atoms with Gasteiger partial charge in [-0.05, 0) is 13.3 Å². The molecule has 6 unspecified atom stereocenters. The summed E-state index contributed by atoms with van der Waals surface area (Å²) in [5, 5.41) is 0. The van der Waals surface area contributed by atoms with Gasteiger partial charge in [-0.15, -0.1) is 0 Å². The fraction of sp³-hybridized carbons (Fsp3) is 0.643. The molecule has 21 heavy (non-hydrogen) atoms. The second kappa shape index (κ2) is 4.84. The summed E-state index contributed by atoms with van der Waals surface area (Å²) in [4.78, 5) is 44.7. The van der Waals surface area contributed by atoms with Crippen molar-refractivity contribution in [3.8, 4) is 0 Å². The molecule has 0 radical (unpaired) electrons. The molecule has 3 rings (SSSR count). The van der Waals surface area contributed by atoms with Crippen molar-refractivity contribution in [1.29, 1.82) is 0 Å². The van der Waals surface area contributed by atoms with E-state index >= 15 is 0 Å². The lowest BCUT2D eigenvalue weighted by Gasteiger charge is -2.29. The molecule has 7 nitrogen and oxygen atoms in total. The van der Waals surface area contributed by atoms with E-state index in [9.17, 15) is 14.4 Å². The van der Waals surface area contributed by atoms with Gasteiger partial charge >= 0.3 is 17.9 Å². The molecule has 114 valence electrons. The van der Waals surface area contributed by atoms with Crippen LogP contribution in [0.4, 0.5) is 0 Å². The Bertz CT molecular complexity index is 525. The highest BCUT2D eigenvalue weighted by molar-refractivity contribution is 5.88. The minimum atomic E-state index is -0.691. The molecule has 0 aromatic heterocycles. The lowest BCUT2D eigenvalue weighted by Crippen LogP contribution is -2.43. The molecule has 2 aliphatic carbocycles. The minimum Gasteiger partial charge on any atom is -0.458 e. The Morgan fingerprint density at radius 2 is 2.05 bits per heavy atom. The van der Waals surface area contributed by atoms with Crippen LogP contribution in [0.3, 0.4) is 0 Å². The van der Waals surface area contributed by atoms with Gasteiger partial charge in [-0.3, -0.25) is 9.68 Å². The van der Waals surface area contributed by atoms with E-state index in [1.165, 1.54) is 14.0 Å². The number of hydrogen-bond donors (Lipinski definition) is 0. The molecule has 0 spiro atoms. The van der Waals surface area contributed by atoms with Crippen LogP contribution in [0, 0.1) is 23.7 Å². The van der Waals surface area contributed by atoms with E-state index in [0.29, 0.717) is 6.42 Å². The standard InChI is InChI=1S/C14H16O7/c1-5(2)12(15)19-10-7-4-6-8(13(16)20-11(6)10)9(7)14(17)21-18-3/h6-11H,1,4H2,2-3H3. The predicted octanol–water partition coefficient (Wildman–Crippen LogP) is 0.386. The third kappa shape index (κ3) is 1.95. The van der Waals surface area contributed by atoms with Gasteiger partial charge in [0.2, 0.25) is 0 Å². The fourth-order valence-corrected chi connectivity index (χ4v) is 3.83. The molecule has 1 saturated heterocycles. The monoisotopic (exact) mass is 296 g/mol. The fourth-order valence-electron chi connectivity index (χ4n) is 3.83. The Balaban J connectivity index is 1.85. The average molecular weight is 296 g/mol. The van der Waals surface area contributed by atoms with Crippen molar-refractivity contribution in [3.63, 3.8) is 0 Å². The predicted molar refractivity (Wildman–Crippen MR) is 66.3 cm³/mol. The van der Waals surface area contributed by atoms with Gasteiger partial charge in [-0.25, -0.2) is 9.59 Å². The Morgan fingerprint density at radius 1 is 1.33 bits per heavy atom. The topological polar surface area (TPSA) is 88.1 Å². The van der Waals surface area contributed by atoms with Crippen LogP contribution in [0.15, 0.2) is 12.2 Å². The Hall–Kier alpha value is -1.89. The van der Waals surface area contributed by atoms with Gasteiger partial charge < -0.3 is 9.47 Å². The molecule has 6 atom stereocenters. The molecule has 1 aliphatic heterocycles. The molecule has 2 bridgehead atoms. The first-order valence-electron chi connectivity index (χ1n) is 6.77. The Kier molecular flexibility index (Phi) is 3.24. The van der Waals surface area contributed by atoms with Crippen LogP contribution >= 0.6 is 0 Å². The highest BCUT2D eigenvalue weighted by Crippen LogP contribution is 2.59. The maximum Gasteiger partial charge on any atom is 0.346 e. The summed E-state index contributed by atoms with van der Waals surface area (Å²) in [6.07, 6.45) is -0.503. The van der Waals surface area contributed by atoms with Gasteiger partial charge in [0.05, 0.1) is 18.9 Å². The van der Waals surface area contributed by atoms with Crippen LogP contribution < -0.4 is 0 Å². The van der Waals surface area contributed by atoms with Crippen molar-refractivity contribution >= 4 is 17.9 Å². The molecular weight excluding hydrogens is 280 g/mol. The van der Waals surface area contributed by atoms with E-state index in [-0.39, 0.29) is 17.4 Å². The molecule has 7 heteroatoms. The smallest absolute Gasteiger partial charge is 0.346 e. The van der Waals surface area contributed by atoms with Gasteiger partial charge in [0.15, 0.2) is 0 Å². The quantitative estimate of drug-likeness (QED) is 0.321. The molecule has 0 amide bonds. The van der Waals surface area contributed by atoms with Crippen molar-refractivity contribution in [2.45, 2.75) is 25.6 Å². The zero-order chi connectivity index (χ0) is 15.3. The van der Waals surface area contributed by atoms with Gasteiger partial charge in [-0.1, -0.05) is 6.58 Å². The highest BCUT2D eigenvalue weighted by Gasteiger charge is 2.70. The van der Waals surface area contributed by atoms with Crippen molar-refractivity contribution in [1.82, 2.24) is 0 Å². The number of fused-ring (bicyclic) bond motifs is 1. The molecule has 2 saturated carbocycles. The molecule has 0 N–H and O–H groups in total. The summed E-state index contributed by atoms with van der Waals surface area (Å²) >= 11 is 0. The van der Waals surface area contributed by atoms with Gasteiger partial charge in [-0.2, -0.15) is 4.89 Å². The average Bonchev–Trinajstić information content (AvgIpc) is 3.01. The van der Waals surface area contributed by atoms with E-state index < -0.39 is 42.0 Å². The normalized spacial score (nSPS) is 39.0. The largest absolute Gasteiger partial charge is 0.458 e. The molecule has 1 heterocycles. The molecular formula is C14H16O7. The van der Waals surface area contributed by atoms with E-state index in [4.69, 9.17) is 9.47 Å². The molecule has 3 aliphatic rings. The molecule has 3 fully saturated rings. The minimum absolute atomic E-state index is 0.111. The number of hydrogen-bond acceptors (Lipinski definition) is 7. The first-order valence-corrected chi connectivity index (χ1v) is 6.77. The second-order valence-corrected chi connectivity index (χ2v) is 5.74. The number of rotatable bonds is 4. The van der Waals surface area contributed by atoms with E-state index in [1.54, 1.807) is 0 Å². The van der Waals surface area contributed by atoms with Crippen LogP contribution in [0.2, 0.25) is 0 Å². The van der Waals surface area contributed by atoms with Crippen molar-refractivity contribution < 1.29 is 33.6 Å². The second-order valence-electron chi connectivity index (χ2n) is 5.74. The van der Waals surface area contributed by atoms with E-state index in [2.05, 4.69) is 16.4 Å². The summed E-state index contributed by atoms with van der Waals surface area (Å²) in [6.45, 7) is 5.06. The van der Waals surface area contributed by atoms with Gasteiger partial charge in [0.1, 0.15) is 12.2 Å². The third-order valence-corrected chi connectivity index (χ3v) is 4.58. The lowest BCUT2D eigenvalue weighted by molar-refractivity contribution is -0.262. The molecule has 0 aromatic rings. The van der Waals surface area contributed by atoms with Crippen LogP contribution in [0.25, 0.3) is 0 Å². The van der Waals surface area contributed by atoms with Gasteiger partial charge in [0.25, 0.3) is 0 Å². The van der Waals surface area contributed by atoms with E-state index in [0.717, 1.165) is 0 Å². The Morgan fingerprint density at radius 3 is 2.67 bits per heavy atom. The summed E-state index contributed by atoms with van der Waals surface area (Å²) in [5.74, 6) is -3.22. The summed E-state index contributed by atoms with van der Waals surface area (Å²) in [6, 6.07) is 0. The highest BCUT2D eigenvalue weighted by atomic mass is 17.2. The summed E-state index contributed by atoms with van der Waals surface area (Å²) in [7, 11) is 1.22. The zero-order valence-electron chi connectivity index (χ0n) is 11.7. The van der Waals surface area contributed by atoms with Crippen LogP contribution in [-0.2, 0) is 33.6 Å². The maximum absolute atomic E-state index is 12.0. The van der Waals surface area contributed by atoms with Crippen LogP contribution in [0.5, 0.6) is 0 Å². The number of carbonyl (C=O) groups excluding carboxylic acids is 3. The van der Waals surface area contributed by atoms with E-state index in [1.807, 2.05) is 0 Å². The first-order chi connectivity index (χ1) is 9.95. The zero-order valence-corrected chi connectivity index (χ0v) is 11.7. The van der Waals surface area contributed by atoms with Crippen LogP contribution in [-0.4, -0.2) is 37.2 Å². The lowest BCUT2D eigenvalue weighted by atomic mass is 9.78. The molecule has 0 aromatic carbocycles. The first kappa shape index (κ1) is 14.1. The van der Waals surface area contributed by atoms with Crippen LogP contribution in [0.1, 0.15) is 13.3 Å². The van der Waals surface area contributed by atoms with Gasteiger partial charge in [0, 0.05) is 17.4 Å².